The fraction of sp³-hybridized carbons (Fsp3) is 0.500. The molecule has 0 bridgehead atoms. The Balaban J connectivity index is 3.97. The van der Waals surface area contributed by atoms with Crippen molar-refractivity contribution in [3.8, 4) is 0 Å². The highest BCUT2D eigenvalue weighted by Gasteiger charge is 2.09. The molecule has 0 amide bonds. The summed E-state index contributed by atoms with van der Waals surface area (Å²) in [6.07, 6.45) is 0.218. The summed E-state index contributed by atoms with van der Waals surface area (Å²) in [5.74, 6) is -1.03. The second-order valence-corrected chi connectivity index (χ2v) is 1.28. The van der Waals surface area contributed by atoms with E-state index in [1.54, 1.807) is 6.92 Å². The zero-order valence-electron chi connectivity index (χ0n) is 4.87. The lowest BCUT2D eigenvalue weighted by Gasteiger charge is -1.92. The van der Waals surface area contributed by atoms with Gasteiger partial charge >= 0.3 is 5.97 Å². The molecule has 0 aliphatic rings. The predicted octanol–water partition coefficient (Wildman–Crippen LogP) is 0.243. The van der Waals surface area contributed by atoms with Gasteiger partial charge in [0, 0.05) is 0 Å². The number of carbonyl (C=O) groups is 1. The minimum atomic E-state index is -1.03. The number of rotatable bonds is 2. The first-order valence-electron chi connectivity index (χ1n) is 2.33. The van der Waals surface area contributed by atoms with Gasteiger partial charge in [-0.25, -0.2) is 4.79 Å². The van der Waals surface area contributed by atoms with Gasteiger partial charge in [0.25, 0.3) is 0 Å². The topological polar surface area (TPSA) is 79.1 Å². The van der Waals surface area contributed by atoms with Crippen LogP contribution < -0.4 is 0 Å². The SMILES string of the molecule is CCC(=NO)C(=O)OO. The Kier molecular flexibility index (Phi) is 3.38. The van der Waals surface area contributed by atoms with Crippen LogP contribution >= 0.6 is 0 Å². The van der Waals surface area contributed by atoms with Crippen LogP contribution in [0.4, 0.5) is 0 Å². The lowest BCUT2D eigenvalue weighted by molar-refractivity contribution is -0.225. The molecule has 0 unspecified atom stereocenters. The number of hydrogen-bond donors (Lipinski definition) is 2. The molecule has 0 rings (SSSR count). The molecule has 0 atom stereocenters. The van der Waals surface area contributed by atoms with Gasteiger partial charge < -0.3 is 5.21 Å². The Bertz CT molecular complexity index is 131. The van der Waals surface area contributed by atoms with Gasteiger partial charge in [0.1, 0.15) is 0 Å². The van der Waals surface area contributed by atoms with Gasteiger partial charge in [0.05, 0.1) is 0 Å². The van der Waals surface area contributed by atoms with Crippen molar-refractivity contribution in [2.45, 2.75) is 13.3 Å². The lowest BCUT2D eigenvalue weighted by Crippen LogP contribution is -2.14. The van der Waals surface area contributed by atoms with Crippen molar-refractivity contribution in [3.05, 3.63) is 0 Å². The van der Waals surface area contributed by atoms with Gasteiger partial charge in [-0.3, -0.25) is 4.89 Å². The summed E-state index contributed by atoms with van der Waals surface area (Å²) in [5, 5.41) is 18.3. The first-order valence-corrected chi connectivity index (χ1v) is 2.33. The molecule has 0 saturated carbocycles. The Morgan fingerprint density at radius 3 is 2.44 bits per heavy atom. The van der Waals surface area contributed by atoms with Crippen LogP contribution in [0, 0.1) is 0 Å². The van der Waals surface area contributed by atoms with E-state index in [1.165, 1.54) is 0 Å². The van der Waals surface area contributed by atoms with Crippen molar-refractivity contribution < 1.29 is 20.1 Å². The summed E-state index contributed by atoms with van der Waals surface area (Å²) in [6, 6.07) is 0. The van der Waals surface area contributed by atoms with Crippen molar-refractivity contribution in [3.63, 3.8) is 0 Å². The molecular weight excluding hydrogens is 126 g/mol. The number of nitrogens with zero attached hydrogens (tertiary/aromatic N) is 1. The summed E-state index contributed by atoms with van der Waals surface area (Å²) < 4.78 is 0. The minimum Gasteiger partial charge on any atom is -0.410 e. The van der Waals surface area contributed by atoms with Crippen molar-refractivity contribution in [2.75, 3.05) is 0 Å². The zero-order valence-corrected chi connectivity index (χ0v) is 4.87. The highest BCUT2D eigenvalue weighted by Crippen LogP contribution is 1.86. The third-order valence-corrected chi connectivity index (χ3v) is 0.774. The van der Waals surface area contributed by atoms with E-state index in [0.29, 0.717) is 0 Å². The standard InChI is InChI=1S/C4H7NO4/c1-2-3(5-7)4(6)9-8/h7-8H,2H2,1H3. The van der Waals surface area contributed by atoms with Crippen molar-refractivity contribution in [1.29, 1.82) is 0 Å². The van der Waals surface area contributed by atoms with Gasteiger partial charge in [-0.1, -0.05) is 12.1 Å². The second kappa shape index (κ2) is 3.85. The molecule has 0 aliphatic heterocycles. The van der Waals surface area contributed by atoms with Crippen molar-refractivity contribution >= 4 is 11.7 Å². The Hall–Kier alpha value is -1.10. The van der Waals surface area contributed by atoms with E-state index < -0.39 is 5.97 Å². The summed E-state index contributed by atoms with van der Waals surface area (Å²) in [5.41, 5.74) is -0.211. The molecule has 0 saturated heterocycles. The van der Waals surface area contributed by atoms with Crippen LogP contribution in [-0.2, 0) is 9.68 Å². The lowest BCUT2D eigenvalue weighted by atomic mass is 10.3. The molecule has 2 N–H and O–H groups in total. The molecule has 0 spiro atoms. The van der Waals surface area contributed by atoms with E-state index in [4.69, 9.17) is 10.5 Å². The molecule has 0 heterocycles. The van der Waals surface area contributed by atoms with E-state index in [2.05, 4.69) is 10.0 Å². The molecule has 0 fully saturated rings. The number of hydrogen-bond acceptors (Lipinski definition) is 5. The average molecular weight is 133 g/mol. The van der Waals surface area contributed by atoms with Crippen LogP contribution in [0.2, 0.25) is 0 Å². The highest BCUT2D eigenvalue weighted by molar-refractivity contribution is 6.35. The minimum absolute atomic E-state index is 0.211. The predicted molar refractivity (Wildman–Crippen MR) is 28.2 cm³/mol. The third-order valence-electron chi connectivity index (χ3n) is 0.774. The third kappa shape index (κ3) is 2.09. The monoisotopic (exact) mass is 133 g/mol. The molecule has 0 aromatic rings. The second-order valence-electron chi connectivity index (χ2n) is 1.28. The molecule has 9 heavy (non-hydrogen) atoms. The van der Waals surface area contributed by atoms with Crippen LogP contribution in [-0.4, -0.2) is 22.1 Å². The first kappa shape index (κ1) is 7.90. The van der Waals surface area contributed by atoms with E-state index in [1.807, 2.05) is 0 Å². The molecular formula is C4H7NO4. The first-order chi connectivity index (χ1) is 4.26. The number of carbonyl (C=O) groups excluding carboxylic acids is 1. The highest BCUT2D eigenvalue weighted by atomic mass is 17.1. The molecule has 0 aromatic heterocycles. The summed E-state index contributed by atoms with van der Waals surface area (Å²) >= 11 is 0. The normalized spacial score (nSPS) is 11.1. The van der Waals surface area contributed by atoms with E-state index >= 15 is 0 Å². The number of oxime groups is 1. The van der Waals surface area contributed by atoms with Crippen LogP contribution in [0.15, 0.2) is 5.16 Å². The average Bonchev–Trinajstić information content (AvgIpc) is 1.90. The summed E-state index contributed by atoms with van der Waals surface area (Å²) in [7, 11) is 0. The van der Waals surface area contributed by atoms with Crippen molar-refractivity contribution in [1.82, 2.24) is 0 Å². The molecule has 52 valence electrons. The van der Waals surface area contributed by atoms with Crippen molar-refractivity contribution in [2.24, 2.45) is 5.16 Å². The van der Waals surface area contributed by atoms with Gasteiger partial charge in [-0.05, 0) is 6.42 Å². The fourth-order valence-electron chi connectivity index (χ4n) is 0.309. The molecule has 5 heteroatoms. The van der Waals surface area contributed by atoms with E-state index in [9.17, 15) is 4.79 Å². The van der Waals surface area contributed by atoms with Gasteiger partial charge in [-0.2, -0.15) is 5.26 Å². The Morgan fingerprint density at radius 1 is 1.78 bits per heavy atom. The molecule has 0 aromatic carbocycles. The summed E-state index contributed by atoms with van der Waals surface area (Å²) in [4.78, 5) is 13.5. The molecule has 0 radical (unpaired) electrons. The maximum atomic E-state index is 10.2. The van der Waals surface area contributed by atoms with Gasteiger partial charge in [0.15, 0.2) is 5.71 Å². The zero-order chi connectivity index (χ0) is 7.28. The quantitative estimate of drug-likeness (QED) is 0.245. The van der Waals surface area contributed by atoms with Crippen LogP contribution in [0.3, 0.4) is 0 Å². The largest absolute Gasteiger partial charge is 0.410 e. The maximum Gasteiger partial charge on any atom is 0.390 e. The van der Waals surface area contributed by atoms with Gasteiger partial charge in [0.2, 0.25) is 0 Å². The van der Waals surface area contributed by atoms with Crippen LogP contribution in [0.1, 0.15) is 13.3 Å². The fourth-order valence-corrected chi connectivity index (χ4v) is 0.309. The van der Waals surface area contributed by atoms with Gasteiger partial charge in [-0.15, -0.1) is 0 Å². The summed E-state index contributed by atoms with van der Waals surface area (Å²) in [6.45, 7) is 1.59. The molecule has 5 nitrogen and oxygen atoms in total. The van der Waals surface area contributed by atoms with Crippen LogP contribution in [0.25, 0.3) is 0 Å². The Morgan fingerprint density at radius 2 is 2.33 bits per heavy atom. The van der Waals surface area contributed by atoms with E-state index in [-0.39, 0.29) is 12.1 Å². The molecule has 0 aliphatic carbocycles. The maximum absolute atomic E-state index is 10.2. The van der Waals surface area contributed by atoms with E-state index in [0.717, 1.165) is 0 Å². The van der Waals surface area contributed by atoms with Crippen LogP contribution in [0.5, 0.6) is 0 Å². The Labute approximate surface area is 51.5 Å². The smallest absolute Gasteiger partial charge is 0.390 e.